The summed E-state index contributed by atoms with van der Waals surface area (Å²) in [5.41, 5.74) is 2.50. The summed E-state index contributed by atoms with van der Waals surface area (Å²) in [6, 6.07) is 10.8. The minimum absolute atomic E-state index is 0.0434. The molecule has 1 unspecified atom stereocenters. The number of benzene rings is 2. The first-order valence-corrected chi connectivity index (χ1v) is 10.3. The van der Waals surface area contributed by atoms with E-state index in [0.29, 0.717) is 29.7 Å². The number of carbonyl (C=O) groups excluding carboxylic acids is 2. The van der Waals surface area contributed by atoms with E-state index in [-0.39, 0.29) is 11.7 Å². The number of ketones is 1. The van der Waals surface area contributed by atoms with Crippen molar-refractivity contribution in [3.63, 3.8) is 0 Å². The Morgan fingerprint density at radius 3 is 2.43 bits per heavy atom. The number of carbonyl (C=O) groups is 2. The second-order valence-electron chi connectivity index (χ2n) is 7.34. The molecule has 0 spiro atoms. The Bertz CT molecular complexity index is 1130. The number of hydrogen-bond donors (Lipinski definition) is 0. The van der Waals surface area contributed by atoms with Crippen LogP contribution in [0.4, 0.5) is 5.82 Å². The SMILES string of the molecule is CC(=O)C1CN(c2ncnc3cc(Cl)c(-c4ccc(Cl)cc4)cc23)CCN1C(C)=O. The quantitative estimate of drug-likeness (QED) is 0.606. The largest absolute Gasteiger partial charge is 0.352 e. The molecule has 154 valence electrons. The summed E-state index contributed by atoms with van der Waals surface area (Å²) in [5, 5.41) is 2.07. The maximum Gasteiger partial charge on any atom is 0.220 e. The predicted molar refractivity (Wildman–Crippen MR) is 119 cm³/mol. The van der Waals surface area contributed by atoms with E-state index in [1.807, 2.05) is 41.3 Å². The van der Waals surface area contributed by atoms with Gasteiger partial charge in [0.05, 0.1) is 10.5 Å². The fourth-order valence-electron chi connectivity index (χ4n) is 3.87. The molecule has 2 aromatic carbocycles. The van der Waals surface area contributed by atoms with Crippen molar-refractivity contribution >= 4 is 51.6 Å². The molecule has 1 saturated heterocycles. The van der Waals surface area contributed by atoms with Crippen molar-refractivity contribution in [2.24, 2.45) is 0 Å². The van der Waals surface area contributed by atoms with Gasteiger partial charge in [-0.2, -0.15) is 0 Å². The molecule has 30 heavy (non-hydrogen) atoms. The van der Waals surface area contributed by atoms with Crippen molar-refractivity contribution in [3.8, 4) is 11.1 Å². The first-order valence-electron chi connectivity index (χ1n) is 9.58. The van der Waals surface area contributed by atoms with Gasteiger partial charge in [0.15, 0.2) is 5.78 Å². The van der Waals surface area contributed by atoms with Gasteiger partial charge in [0, 0.05) is 42.5 Å². The fraction of sp³-hybridized carbons (Fsp3) is 0.273. The first-order chi connectivity index (χ1) is 14.3. The van der Waals surface area contributed by atoms with Gasteiger partial charge in [0.1, 0.15) is 18.2 Å². The van der Waals surface area contributed by atoms with E-state index in [2.05, 4.69) is 9.97 Å². The highest BCUT2D eigenvalue weighted by atomic mass is 35.5. The van der Waals surface area contributed by atoms with Gasteiger partial charge in [-0.3, -0.25) is 9.59 Å². The summed E-state index contributed by atoms with van der Waals surface area (Å²) in [6.07, 6.45) is 1.50. The predicted octanol–water partition coefficient (Wildman–Crippen LogP) is 4.23. The fourth-order valence-corrected chi connectivity index (χ4v) is 4.26. The lowest BCUT2D eigenvalue weighted by atomic mass is 10.0. The third kappa shape index (κ3) is 3.85. The molecule has 0 aliphatic carbocycles. The molecule has 8 heteroatoms. The topological polar surface area (TPSA) is 66.4 Å². The summed E-state index contributed by atoms with van der Waals surface area (Å²) in [7, 11) is 0. The van der Waals surface area contributed by atoms with Crippen LogP contribution in [0.25, 0.3) is 22.0 Å². The van der Waals surface area contributed by atoms with Crippen molar-refractivity contribution in [1.29, 1.82) is 0 Å². The van der Waals surface area contributed by atoms with Gasteiger partial charge >= 0.3 is 0 Å². The number of hydrogen-bond acceptors (Lipinski definition) is 5. The van der Waals surface area contributed by atoms with Crippen molar-refractivity contribution in [1.82, 2.24) is 14.9 Å². The monoisotopic (exact) mass is 442 g/mol. The molecular weight excluding hydrogens is 423 g/mol. The summed E-state index contributed by atoms with van der Waals surface area (Å²) >= 11 is 12.6. The highest BCUT2D eigenvalue weighted by molar-refractivity contribution is 6.34. The molecule has 1 aliphatic rings. The van der Waals surface area contributed by atoms with Crippen LogP contribution in [0.3, 0.4) is 0 Å². The second-order valence-corrected chi connectivity index (χ2v) is 8.18. The Labute approximate surface area is 184 Å². The lowest BCUT2D eigenvalue weighted by molar-refractivity contribution is -0.137. The second kappa shape index (κ2) is 8.20. The summed E-state index contributed by atoms with van der Waals surface area (Å²) < 4.78 is 0. The van der Waals surface area contributed by atoms with Gasteiger partial charge in [-0.15, -0.1) is 0 Å². The van der Waals surface area contributed by atoms with Crippen LogP contribution >= 0.6 is 23.2 Å². The molecule has 0 bridgehead atoms. The lowest BCUT2D eigenvalue weighted by Gasteiger charge is -2.40. The van der Waals surface area contributed by atoms with E-state index in [0.717, 1.165) is 27.8 Å². The van der Waals surface area contributed by atoms with E-state index < -0.39 is 6.04 Å². The molecule has 3 aromatic rings. The van der Waals surface area contributed by atoms with Crippen LogP contribution in [0, 0.1) is 0 Å². The summed E-state index contributed by atoms with van der Waals surface area (Å²) in [4.78, 5) is 36.7. The van der Waals surface area contributed by atoms with Crippen molar-refractivity contribution in [2.45, 2.75) is 19.9 Å². The number of Topliss-reactive ketones (excluding diaryl/α,β-unsaturated/α-hetero) is 1. The third-order valence-electron chi connectivity index (χ3n) is 5.41. The number of piperazine rings is 1. The molecule has 1 aliphatic heterocycles. The van der Waals surface area contributed by atoms with E-state index in [9.17, 15) is 9.59 Å². The molecule has 1 aromatic heterocycles. The van der Waals surface area contributed by atoms with Crippen LogP contribution in [0.1, 0.15) is 13.8 Å². The Morgan fingerprint density at radius 1 is 1.03 bits per heavy atom. The van der Waals surface area contributed by atoms with Crippen molar-refractivity contribution < 1.29 is 9.59 Å². The molecule has 4 rings (SSSR count). The third-order valence-corrected chi connectivity index (χ3v) is 5.98. The molecule has 0 radical (unpaired) electrons. The van der Waals surface area contributed by atoms with Gasteiger partial charge in [0.25, 0.3) is 0 Å². The highest BCUT2D eigenvalue weighted by Crippen LogP contribution is 2.35. The number of nitrogens with zero attached hydrogens (tertiary/aromatic N) is 4. The smallest absolute Gasteiger partial charge is 0.220 e. The van der Waals surface area contributed by atoms with Gasteiger partial charge in [-0.1, -0.05) is 35.3 Å². The average molecular weight is 443 g/mol. The van der Waals surface area contributed by atoms with E-state index >= 15 is 0 Å². The normalized spacial score (nSPS) is 16.7. The molecule has 1 amide bonds. The zero-order chi connectivity index (χ0) is 21.4. The molecule has 0 saturated carbocycles. The van der Waals surface area contributed by atoms with Gasteiger partial charge < -0.3 is 9.80 Å². The molecule has 2 heterocycles. The molecule has 0 N–H and O–H groups in total. The minimum Gasteiger partial charge on any atom is -0.352 e. The lowest BCUT2D eigenvalue weighted by Crippen LogP contribution is -2.57. The summed E-state index contributed by atoms with van der Waals surface area (Å²) in [6.45, 7) is 4.43. The van der Waals surface area contributed by atoms with Crippen LogP contribution in [0.15, 0.2) is 42.7 Å². The minimum atomic E-state index is -0.496. The van der Waals surface area contributed by atoms with Gasteiger partial charge in [-0.05, 0) is 36.8 Å². The summed E-state index contributed by atoms with van der Waals surface area (Å²) in [5.74, 6) is 0.582. The molecule has 6 nitrogen and oxygen atoms in total. The van der Waals surface area contributed by atoms with Crippen molar-refractivity contribution in [2.75, 3.05) is 24.5 Å². The molecule has 1 atom stereocenters. The van der Waals surface area contributed by atoms with Crippen LogP contribution in [0.2, 0.25) is 10.0 Å². The van der Waals surface area contributed by atoms with E-state index in [1.165, 1.54) is 20.2 Å². The number of rotatable bonds is 3. The number of anilines is 1. The number of amides is 1. The van der Waals surface area contributed by atoms with Crippen LogP contribution in [-0.4, -0.2) is 52.2 Å². The Hall–Kier alpha value is -2.70. The van der Waals surface area contributed by atoms with Gasteiger partial charge in [-0.25, -0.2) is 9.97 Å². The average Bonchev–Trinajstić information content (AvgIpc) is 2.73. The Morgan fingerprint density at radius 2 is 1.77 bits per heavy atom. The zero-order valence-corrected chi connectivity index (χ0v) is 18.1. The van der Waals surface area contributed by atoms with E-state index in [4.69, 9.17) is 23.2 Å². The molecule has 1 fully saturated rings. The Balaban J connectivity index is 1.78. The van der Waals surface area contributed by atoms with Crippen LogP contribution < -0.4 is 4.90 Å². The number of aromatic nitrogens is 2. The maximum atomic E-state index is 12.2. The zero-order valence-electron chi connectivity index (χ0n) is 16.6. The van der Waals surface area contributed by atoms with E-state index in [1.54, 1.807) is 4.90 Å². The van der Waals surface area contributed by atoms with Crippen LogP contribution in [-0.2, 0) is 9.59 Å². The Kier molecular flexibility index (Phi) is 5.62. The maximum absolute atomic E-state index is 12.2. The standard InChI is InChI=1S/C22H20Cl2N4O2/c1-13(29)21-11-27(7-8-28(21)14(2)30)22-18-9-17(15-3-5-16(23)6-4-15)19(24)10-20(18)25-12-26-22/h3-6,9-10,12,21H,7-8,11H2,1-2H3. The molecular formula is C22H20Cl2N4O2. The first kappa shape index (κ1) is 20.6. The number of fused-ring (bicyclic) bond motifs is 1. The van der Waals surface area contributed by atoms with Crippen molar-refractivity contribution in [3.05, 3.63) is 52.8 Å². The van der Waals surface area contributed by atoms with Crippen LogP contribution in [0.5, 0.6) is 0 Å². The number of halogens is 2. The van der Waals surface area contributed by atoms with Gasteiger partial charge in [0.2, 0.25) is 5.91 Å². The highest BCUT2D eigenvalue weighted by Gasteiger charge is 2.33.